The molecular formula is C12H15NO3S. The Kier molecular flexibility index (Phi) is 3.19. The molecule has 0 radical (unpaired) electrons. The van der Waals surface area contributed by atoms with Crippen LogP contribution in [0, 0.1) is 0 Å². The first kappa shape index (κ1) is 12.1. The van der Waals surface area contributed by atoms with Gasteiger partial charge in [0.2, 0.25) is 0 Å². The third-order valence-corrected chi connectivity index (χ3v) is 4.05. The van der Waals surface area contributed by atoms with Gasteiger partial charge in [-0.05, 0) is 37.1 Å². The molecule has 4 nitrogen and oxygen atoms in total. The van der Waals surface area contributed by atoms with Crippen molar-refractivity contribution in [3.63, 3.8) is 0 Å². The highest BCUT2D eigenvalue weighted by atomic mass is 32.2. The van der Waals surface area contributed by atoms with Crippen LogP contribution in [0.5, 0.6) is 0 Å². The number of sulfone groups is 1. The molecule has 1 aliphatic heterocycles. The van der Waals surface area contributed by atoms with Crippen LogP contribution in [0.2, 0.25) is 0 Å². The molecule has 0 aromatic heterocycles. The zero-order valence-corrected chi connectivity index (χ0v) is 10.5. The van der Waals surface area contributed by atoms with Gasteiger partial charge < -0.3 is 4.90 Å². The molecule has 1 aliphatic rings. The first-order valence-corrected chi connectivity index (χ1v) is 7.47. The lowest BCUT2D eigenvalue weighted by molar-refractivity contribution is 0.0792. The van der Waals surface area contributed by atoms with E-state index in [0.717, 1.165) is 32.2 Å². The summed E-state index contributed by atoms with van der Waals surface area (Å²) < 4.78 is 22.5. The summed E-state index contributed by atoms with van der Waals surface area (Å²) in [5, 5.41) is 0. The highest BCUT2D eigenvalue weighted by Gasteiger charge is 2.19. The first-order chi connectivity index (χ1) is 7.98. The van der Waals surface area contributed by atoms with Gasteiger partial charge in [-0.1, -0.05) is 0 Å². The van der Waals surface area contributed by atoms with Crippen LogP contribution in [0.3, 0.4) is 0 Å². The number of likely N-dealkylation sites (tertiary alicyclic amines) is 1. The maximum atomic E-state index is 12.0. The number of carbonyl (C=O) groups excluding carboxylic acids is 1. The second kappa shape index (κ2) is 4.49. The SMILES string of the molecule is CS(=O)(=O)c1ccc(C(=O)N2CCCC2)cc1. The van der Waals surface area contributed by atoms with Crippen molar-refractivity contribution in [2.75, 3.05) is 19.3 Å². The monoisotopic (exact) mass is 253 g/mol. The topological polar surface area (TPSA) is 54.5 Å². The summed E-state index contributed by atoms with van der Waals surface area (Å²) in [4.78, 5) is 14.0. The number of hydrogen-bond donors (Lipinski definition) is 0. The van der Waals surface area contributed by atoms with Crippen molar-refractivity contribution in [3.8, 4) is 0 Å². The van der Waals surface area contributed by atoms with E-state index in [1.165, 1.54) is 12.1 Å². The lowest BCUT2D eigenvalue weighted by atomic mass is 10.2. The van der Waals surface area contributed by atoms with Crippen molar-refractivity contribution < 1.29 is 13.2 Å². The van der Waals surface area contributed by atoms with Crippen molar-refractivity contribution in [1.29, 1.82) is 0 Å². The Bertz CT molecular complexity index is 513. The molecule has 1 aromatic carbocycles. The molecule has 0 saturated carbocycles. The number of hydrogen-bond acceptors (Lipinski definition) is 3. The number of nitrogens with zero attached hydrogens (tertiary/aromatic N) is 1. The summed E-state index contributed by atoms with van der Waals surface area (Å²) in [5.74, 6) is -0.0115. The lowest BCUT2D eigenvalue weighted by Crippen LogP contribution is -2.27. The highest BCUT2D eigenvalue weighted by molar-refractivity contribution is 7.90. The van der Waals surface area contributed by atoms with Gasteiger partial charge in [-0.3, -0.25) is 4.79 Å². The Hall–Kier alpha value is -1.36. The molecule has 1 saturated heterocycles. The smallest absolute Gasteiger partial charge is 0.253 e. The van der Waals surface area contributed by atoms with Crippen LogP contribution in [0.4, 0.5) is 0 Å². The van der Waals surface area contributed by atoms with E-state index in [9.17, 15) is 13.2 Å². The van der Waals surface area contributed by atoms with Gasteiger partial charge in [0.15, 0.2) is 9.84 Å². The Morgan fingerprint density at radius 3 is 2.12 bits per heavy atom. The molecular weight excluding hydrogens is 238 g/mol. The van der Waals surface area contributed by atoms with Crippen LogP contribution in [0.1, 0.15) is 23.2 Å². The predicted molar refractivity (Wildman–Crippen MR) is 64.7 cm³/mol. The summed E-state index contributed by atoms with van der Waals surface area (Å²) in [7, 11) is -3.19. The predicted octanol–water partition coefficient (Wildman–Crippen LogP) is 1.33. The van der Waals surface area contributed by atoms with Crippen molar-refractivity contribution in [2.24, 2.45) is 0 Å². The van der Waals surface area contributed by atoms with Crippen LogP contribution >= 0.6 is 0 Å². The number of benzene rings is 1. The molecule has 0 spiro atoms. The standard InChI is InChI=1S/C12H15NO3S/c1-17(15,16)11-6-4-10(5-7-11)12(14)13-8-2-3-9-13/h4-7H,2-3,8-9H2,1H3. The van der Waals surface area contributed by atoms with E-state index in [-0.39, 0.29) is 10.8 Å². The van der Waals surface area contributed by atoms with Gasteiger partial charge in [0.05, 0.1) is 4.90 Å². The van der Waals surface area contributed by atoms with Crippen LogP contribution in [0.15, 0.2) is 29.2 Å². The molecule has 1 aromatic rings. The van der Waals surface area contributed by atoms with E-state index >= 15 is 0 Å². The molecule has 2 rings (SSSR count). The third-order valence-electron chi connectivity index (χ3n) is 2.92. The van der Waals surface area contributed by atoms with Gasteiger partial charge in [-0.15, -0.1) is 0 Å². The molecule has 0 N–H and O–H groups in total. The quantitative estimate of drug-likeness (QED) is 0.799. The highest BCUT2D eigenvalue weighted by Crippen LogP contribution is 2.15. The van der Waals surface area contributed by atoms with E-state index in [0.29, 0.717) is 5.56 Å². The fraction of sp³-hybridized carbons (Fsp3) is 0.417. The summed E-state index contributed by atoms with van der Waals surface area (Å²) in [6.07, 6.45) is 3.25. The minimum atomic E-state index is -3.19. The molecule has 0 bridgehead atoms. The van der Waals surface area contributed by atoms with Crippen molar-refractivity contribution >= 4 is 15.7 Å². The molecule has 0 atom stereocenters. The minimum absolute atomic E-state index is 0.0115. The number of rotatable bonds is 2. The van der Waals surface area contributed by atoms with E-state index < -0.39 is 9.84 Å². The Morgan fingerprint density at radius 1 is 1.12 bits per heavy atom. The molecule has 1 heterocycles. The summed E-state index contributed by atoms with van der Waals surface area (Å²) in [6.45, 7) is 1.60. The summed E-state index contributed by atoms with van der Waals surface area (Å²) >= 11 is 0. The number of carbonyl (C=O) groups is 1. The largest absolute Gasteiger partial charge is 0.339 e. The van der Waals surface area contributed by atoms with E-state index in [1.54, 1.807) is 17.0 Å². The summed E-state index contributed by atoms with van der Waals surface area (Å²) in [5.41, 5.74) is 0.555. The normalized spacial score (nSPS) is 16.2. The molecule has 0 unspecified atom stereocenters. The van der Waals surface area contributed by atoms with Gasteiger partial charge >= 0.3 is 0 Å². The fourth-order valence-corrected chi connectivity index (χ4v) is 2.58. The molecule has 1 amide bonds. The molecule has 0 aliphatic carbocycles. The average molecular weight is 253 g/mol. The third kappa shape index (κ3) is 2.66. The zero-order valence-electron chi connectivity index (χ0n) is 9.72. The average Bonchev–Trinajstić information content (AvgIpc) is 2.80. The van der Waals surface area contributed by atoms with E-state index in [1.807, 2.05) is 0 Å². The number of amides is 1. The van der Waals surface area contributed by atoms with Gasteiger partial charge in [0.1, 0.15) is 0 Å². The minimum Gasteiger partial charge on any atom is -0.339 e. The maximum absolute atomic E-state index is 12.0. The lowest BCUT2D eigenvalue weighted by Gasteiger charge is -2.15. The zero-order chi connectivity index (χ0) is 12.5. The van der Waals surface area contributed by atoms with Gasteiger partial charge in [-0.25, -0.2) is 8.42 Å². The van der Waals surface area contributed by atoms with E-state index in [4.69, 9.17) is 0 Å². The second-order valence-corrected chi connectivity index (χ2v) is 6.31. The second-order valence-electron chi connectivity index (χ2n) is 4.30. The summed E-state index contributed by atoms with van der Waals surface area (Å²) in [6, 6.07) is 6.13. The molecule has 1 fully saturated rings. The maximum Gasteiger partial charge on any atom is 0.253 e. The van der Waals surface area contributed by atoms with Crippen molar-refractivity contribution in [2.45, 2.75) is 17.7 Å². The molecule has 17 heavy (non-hydrogen) atoms. The van der Waals surface area contributed by atoms with Crippen LogP contribution < -0.4 is 0 Å². The van der Waals surface area contributed by atoms with Gasteiger partial charge in [0, 0.05) is 24.9 Å². The van der Waals surface area contributed by atoms with Crippen LogP contribution in [0.25, 0.3) is 0 Å². The Morgan fingerprint density at radius 2 is 1.65 bits per heavy atom. The van der Waals surface area contributed by atoms with Gasteiger partial charge in [0.25, 0.3) is 5.91 Å². The first-order valence-electron chi connectivity index (χ1n) is 5.58. The molecule has 5 heteroatoms. The molecule has 92 valence electrons. The van der Waals surface area contributed by atoms with Crippen LogP contribution in [-0.2, 0) is 9.84 Å². The van der Waals surface area contributed by atoms with E-state index in [2.05, 4.69) is 0 Å². The Labute approximate surface area is 101 Å². The van der Waals surface area contributed by atoms with Crippen molar-refractivity contribution in [1.82, 2.24) is 4.90 Å². The van der Waals surface area contributed by atoms with Crippen LogP contribution in [-0.4, -0.2) is 38.6 Å². The fourth-order valence-electron chi connectivity index (χ4n) is 1.95. The van der Waals surface area contributed by atoms with Crippen molar-refractivity contribution in [3.05, 3.63) is 29.8 Å². The Balaban J connectivity index is 2.20. The van der Waals surface area contributed by atoms with Gasteiger partial charge in [-0.2, -0.15) is 0 Å².